The molecule has 4 saturated carbocycles. The van der Waals surface area contributed by atoms with E-state index < -0.39 is 5.91 Å². The summed E-state index contributed by atoms with van der Waals surface area (Å²) in [7, 11) is 0. The predicted octanol–water partition coefficient (Wildman–Crippen LogP) is 1.26. The van der Waals surface area contributed by atoms with Gasteiger partial charge in [-0.3, -0.25) is 4.79 Å². The Bertz CT molecular complexity index is 618. The lowest BCUT2D eigenvalue weighted by atomic mass is 9.50. The van der Waals surface area contributed by atoms with Crippen molar-refractivity contribution in [1.82, 2.24) is 9.97 Å². The van der Waals surface area contributed by atoms with Crippen LogP contribution in [0.1, 0.15) is 55.3 Å². The van der Waals surface area contributed by atoms with Crippen LogP contribution in [0.15, 0.2) is 6.20 Å². The van der Waals surface area contributed by atoms with Crippen molar-refractivity contribution in [1.29, 1.82) is 0 Å². The third-order valence-electron chi connectivity index (χ3n) is 5.46. The van der Waals surface area contributed by atoms with Gasteiger partial charge in [0.2, 0.25) is 5.95 Å². The average molecular weight is 317 g/mol. The highest BCUT2D eigenvalue weighted by Crippen LogP contribution is 2.58. The van der Waals surface area contributed by atoms with Crippen LogP contribution < -0.4 is 16.4 Å². The quantitative estimate of drug-likeness (QED) is 0.650. The number of primary amides is 1. The molecule has 4 fully saturated rings. The summed E-state index contributed by atoms with van der Waals surface area (Å²) in [5, 5.41) is 16.5. The predicted molar refractivity (Wildman–Crippen MR) is 86.1 cm³/mol. The smallest absolute Gasteiger partial charge is 0.254 e. The maximum Gasteiger partial charge on any atom is 0.254 e. The molecule has 1 aromatic heterocycles. The molecule has 0 aromatic carbocycles. The number of anilines is 2. The molecule has 0 saturated heterocycles. The highest BCUT2D eigenvalue weighted by molar-refractivity contribution is 5.97. The van der Waals surface area contributed by atoms with Crippen LogP contribution in [0.3, 0.4) is 0 Å². The van der Waals surface area contributed by atoms with Crippen molar-refractivity contribution in [3.63, 3.8) is 0 Å². The van der Waals surface area contributed by atoms with E-state index in [1.807, 2.05) is 0 Å². The van der Waals surface area contributed by atoms with E-state index in [1.165, 1.54) is 6.20 Å². The van der Waals surface area contributed by atoms with Gasteiger partial charge in [-0.1, -0.05) is 0 Å². The Hall–Kier alpha value is -1.89. The molecular weight excluding hydrogens is 294 g/mol. The van der Waals surface area contributed by atoms with Crippen molar-refractivity contribution in [2.45, 2.75) is 62.6 Å². The summed E-state index contributed by atoms with van der Waals surface area (Å²) in [6.07, 6.45) is 8.22. The number of nitrogens with one attached hydrogen (secondary N) is 2. The Morgan fingerprint density at radius 2 is 2.13 bits per heavy atom. The molecule has 1 aromatic rings. The van der Waals surface area contributed by atoms with Crippen molar-refractivity contribution in [3.05, 3.63) is 11.8 Å². The van der Waals surface area contributed by atoms with Crippen molar-refractivity contribution >= 4 is 17.7 Å². The van der Waals surface area contributed by atoms with Gasteiger partial charge in [0, 0.05) is 17.8 Å². The normalized spacial score (nSPS) is 34.9. The fourth-order valence-corrected chi connectivity index (χ4v) is 4.09. The first kappa shape index (κ1) is 14.7. The first-order valence-electron chi connectivity index (χ1n) is 8.43. The van der Waals surface area contributed by atoms with Crippen LogP contribution in [0.2, 0.25) is 0 Å². The number of aliphatic hydroxyl groups excluding tert-OH is 1. The van der Waals surface area contributed by atoms with Crippen molar-refractivity contribution in [2.75, 3.05) is 10.6 Å². The molecule has 0 radical (unpaired) electrons. The fourth-order valence-electron chi connectivity index (χ4n) is 4.09. The first-order chi connectivity index (χ1) is 11.0. The highest BCUT2D eigenvalue weighted by Gasteiger charge is 2.57. The number of hydrogen-bond acceptors (Lipinski definition) is 6. The fraction of sp³-hybridized carbons (Fsp3) is 0.688. The zero-order valence-corrected chi connectivity index (χ0v) is 13.1. The average Bonchev–Trinajstić information content (AvgIpc) is 2.41. The van der Waals surface area contributed by atoms with Gasteiger partial charge < -0.3 is 21.5 Å². The van der Waals surface area contributed by atoms with Crippen LogP contribution >= 0.6 is 0 Å². The summed E-state index contributed by atoms with van der Waals surface area (Å²) in [5.74, 6) is 1.34. The Morgan fingerprint density at radius 1 is 1.35 bits per heavy atom. The number of rotatable bonds is 5. The summed E-state index contributed by atoms with van der Waals surface area (Å²) < 4.78 is 0. The number of aromatic nitrogens is 2. The Balaban J connectivity index is 1.52. The molecule has 23 heavy (non-hydrogen) atoms. The van der Waals surface area contributed by atoms with Gasteiger partial charge in [0.15, 0.2) is 0 Å². The lowest BCUT2D eigenvalue weighted by Gasteiger charge is -2.62. The van der Waals surface area contributed by atoms with Crippen LogP contribution in [0.4, 0.5) is 11.8 Å². The van der Waals surface area contributed by atoms with Crippen molar-refractivity contribution in [2.24, 2.45) is 11.7 Å². The minimum Gasteiger partial charge on any atom is -0.393 e. The van der Waals surface area contributed by atoms with E-state index in [9.17, 15) is 9.90 Å². The van der Waals surface area contributed by atoms with Crippen LogP contribution in [0.5, 0.6) is 0 Å². The lowest BCUT2D eigenvalue weighted by molar-refractivity contribution is 0.00177. The molecule has 1 amide bonds. The molecule has 5 rings (SSSR count). The molecule has 2 bridgehead atoms. The molecule has 0 unspecified atom stereocenters. The largest absolute Gasteiger partial charge is 0.393 e. The van der Waals surface area contributed by atoms with E-state index in [4.69, 9.17) is 5.73 Å². The molecule has 5 N–H and O–H groups in total. The standard InChI is InChI=1S/C16H23N5O2/c17-13(23)12-8-18-15(19-10-2-1-3-11(22)4-10)20-14(12)21-16-5-9(6-16)7-16/h8-11,22H,1-7H2,(H2,17,23)(H2,18,19,20,21)/t9?,10-,11-,16?/m1/s1. The van der Waals surface area contributed by atoms with Gasteiger partial charge in [0.25, 0.3) is 5.91 Å². The number of nitrogens with zero attached hydrogens (tertiary/aromatic N) is 2. The SMILES string of the molecule is NC(=O)c1cnc(N[C@@H]2CCC[C@@H](O)C2)nc1NC12CC(C1)C2. The minimum atomic E-state index is -0.515. The second-order valence-electron chi connectivity index (χ2n) is 7.37. The van der Waals surface area contributed by atoms with E-state index in [1.54, 1.807) is 0 Å². The van der Waals surface area contributed by atoms with Crippen LogP contribution in [-0.4, -0.2) is 38.7 Å². The van der Waals surface area contributed by atoms with E-state index in [-0.39, 0.29) is 17.7 Å². The topological polar surface area (TPSA) is 113 Å². The zero-order chi connectivity index (χ0) is 16.0. The molecule has 0 aliphatic heterocycles. The maximum atomic E-state index is 11.6. The summed E-state index contributed by atoms with van der Waals surface area (Å²) in [6.45, 7) is 0. The summed E-state index contributed by atoms with van der Waals surface area (Å²) in [6, 6.07) is 0.168. The van der Waals surface area contributed by atoms with E-state index in [0.717, 1.165) is 44.4 Å². The molecule has 4 aliphatic carbocycles. The van der Waals surface area contributed by atoms with Crippen LogP contribution in [-0.2, 0) is 0 Å². The minimum absolute atomic E-state index is 0.113. The van der Waals surface area contributed by atoms with E-state index in [0.29, 0.717) is 23.8 Å². The van der Waals surface area contributed by atoms with Gasteiger partial charge in [-0.25, -0.2) is 4.98 Å². The van der Waals surface area contributed by atoms with Gasteiger partial charge in [-0.05, 0) is 50.9 Å². The van der Waals surface area contributed by atoms with Crippen molar-refractivity contribution < 1.29 is 9.90 Å². The maximum absolute atomic E-state index is 11.6. The zero-order valence-electron chi connectivity index (χ0n) is 13.1. The van der Waals surface area contributed by atoms with E-state index in [2.05, 4.69) is 20.6 Å². The molecule has 2 atom stereocenters. The Morgan fingerprint density at radius 3 is 2.74 bits per heavy atom. The summed E-state index contributed by atoms with van der Waals surface area (Å²) >= 11 is 0. The molecule has 7 heteroatoms. The van der Waals surface area contributed by atoms with Gasteiger partial charge >= 0.3 is 0 Å². The summed E-state index contributed by atoms with van der Waals surface area (Å²) in [5.41, 5.74) is 5.90. The number of hydrogen-bond donors (Lipinski definition) is 4. The number of carbonyl (C=O) groups is 1. The second-order valence-corrected chi connectivity index (χ2v) is 7.37. The van der Waals surface area contributed by atoms with Gasteiger partial charge in [-0.2, -0.15) is 4.98 Å². The molecule has 1 heterocycles. The van der Waals surface area contributed by atoms with Crippen molar-refractivity contribution in [3.8, 4) is 0 Å². The summed E-state index contributed by atoms with van der Waals surface area (Å²) in [4.78, 5) is 20.3. The Labute approximate surface area is 135 Å². The highest BCUT2D eigenvalue weighted by atomic mass is 16.3. The van der Waals surface area contributed by atoms with Crippen LogP contribution in [0, 0.1) is 5.92 Å². The molecule has 124 valence electrons. The first-order valence-corrected chi connectivity index (χ1v) is 8.43. The molecule has 4 aliphatic rings. The molecule has 0 spiro atoms. The van der Waals surface area contributed by atoms with Gasteiger partial charge in [0.1, 0.15) is 5.82 Å². The number of carbonyl (C=O) groups excluding carboxylic acids is 1. The molecular formula is C16H23N5O2. The number of nitrogens with two attached hydrogens (primary N) is 1. The Kier molecular flexibility index (Phi) is 3.41. The van der Waals surface area contributed by atoms with Gasteiger partial charge in [-0.15, -0.1) is 0 Å². The molecule has 7 nitrogen and oxygen atoms in total. The monoisotopic (exact) mass is 317 g/mol. The van der Waals surface area contributed by atoms with E-state index >= 15 is 0 Å². The third kappa shape index (κ3) is 2.73. The van der Waals surface area contributed by atoms with Gasteiger partial charge in [0.05, 0.1) is 11.7 Å². The third-order valence-corrected chi connectivity index (χ3v) is 5.46. The second kappa shape index (κ2) is 5.33. The number of amides is 1. The lowest BCUT2D eigenvalue weighted by Crippen LogP contribution is -2.63. The number of aliphatic hydroxyl groups is 1. The van der Waals surface area contributed by atoms with Crippen LogP contribution in [0.25, 0.3) is 0 Å².